The first-order valence-electron chi connectivity index (χ1n) is 8.36. The zero-order valence-electron chi connectivity index (χ0n) is 14.3. The van der Waals surface area contributed by atoms with Crippen molar-refractivity contribution in [1.29, 1.82) is 0 Å². The molecule has 1 aromatic carbocycles. The summed E-state index contributed by atoms with van der Waals surface area (Å²) in [7, 11) is 0. The predicted molar refractivity (Wildman–Crippen MR) is 101 cm³/mol. The van der Waals surface area contributed by atoms with Crippen LogP contribution in [0.1, 0.15) is 23.6 Å². The molecule has 26 heavy (non-hydrogen) atoms. The standard InChI is InChI=1S/C18H19Cl2FN4O/c1-2-22-17-16(21)13-10-25(6-5-12(13)9-23-17)18(26)24-8-11-3-4-14(19)15(20)7-11/h3-4,7,9H,2,5-6,8,10H2,1H3,(H,22,23)(H,24,26). The van der Waals surface area contributed by atoms with Gasteiger partial charge in [0.1, 0.15) is 0 Å². The highest BCUT2D eigenvalue weighted by atomic mass is 35.5. The van der Waals surface area contributed by atoms with Gasteiger partial charge in [0.25, 0.3) is 0 Å². The number of nitrogens with zero attached hydrogens (tertiary/aromatic N) is 2. The van der Waals surface area contributed by atoms with Gasteiger partial charge in [0.15, 0.2) is 11.6 Å². The van der Waals surface area contributed by atoms with Crippen molar-refractivity contribution in [3.63, 3.8) is 0 Å². The maximum absolute atomic E-state index is 14.6. The summed E-state index contributed by atoms with van der Waals surface area (Å²) in [5.74, 6) is -0.157. The number of carbonyl (C=O) groups is 1. The van der Waals surface area contributed by atoms with Crippen molar-refractivity contribution in [2.75, 3.05) is 18.4 Å². The van der Waals surface area contributed by atoms with Crippen molar-refractivity contribution < 1.29 is 9.18 Å². The minimum atomic E-state index is -0.383. The van der Waals surface area contributed by atoms with Crippen LogP contribution in [-0.2, 0) is 19.5 Å². The highest BCUT2D eigenvalue weighted by molar-refractivity contribution is 6.42. The van der Waals surface area contributed by atoms with E-state index in [1.807, 2.05) is 6.92 Å². The first-order chi connectivity index (χ1) is 12.5. The lowest BCUT2D eigenvalue weighted by molar-refractivity contribution is 0.191. The van der Waals surface area contributed by atoms with Gasteiger partial charge < -0.3 is 15.5 Å². The maximum Gasteiger partial charge on any atom is 0.317 e. The molecule has 1 aromatic heterocycles. The summed E-state index contributed by atoms with van der Waals surface area (Å²) >= 11 is 11.9. The molecule has 2 amide bonds. The molecule has 2 aromatic rings. The Labute approximate surface area is 161 Å². The van der Waals surface area contributed by atoms with E-state index in [0.717, 1.165) is 11.1 Å². The van der Waals surface area contributed by atoms with Gasteiger partial charge in [-0.1, -0.05) is 29.3 Å². The second-order valence-corrected chi connectivity index (χ2v) is 6.85. The summed E-state index contributed by atoms with van der Waals surface area (Å²) in [6.45, 7) is 3.51. The van der Waals surface area contributed by atoms with Gasteiger partial charge in [0, 0.05) is 31.4 Å². The normalized spacial score (nSPS) is 13.3. The highest BCUT2D eigenvalue weighted by Crippen LogP contribution is 2.25. The molecule has 0 radical (unpaired) electrons. The molecule has 0 fully saturated rings. The third-order valence-corrected chi connectivity index (χ3v) is 5.01. The fourth-order valence-corrected chi connectivity index (χ4v) is 3.20. The third kappa shape index (κ3) is 4.02. The molecule has 0 saturated carbocycles. The molecule has 0 saturated heterocycles. The number of rotatable bonds is 4. The molecular formula is C18H19Cl2FN4O. The summed E-state index contributed by atoms with van der Waals surface area (Å²) in [6.07, 6.45) is 2.26. The number of halogens is 3. The molecule has 5 nitrogen and oxygen atoms in total. The largest absolute Gasteiger partial charge is 0.368 e. The van der Waals surface area contributed by atoms with Gasteiger partial charge in [0.05, 0.1) is 16.6 Å². The van der Waals surface area contributed by atoms with Crippen molar-refractivity contribution in [2.24, 2.45) is 0 Å². The lowest BCUT2D eigenvalue weighted by atomic mass is 10.0. The van der Waals surface area contributed by atoms with Crippen LogP contribution in [0.25, 0.3) is 0 Å². The second kappa shape index (κ2) is 8.10. The van der Waals surface area contributed by atoms with E-state index in [-0.39, 0.29) is 24.2 Å². The number of hydrogen-bond acceptors (Lipinski definition) is 3. The summed E-state index contributed by atoms with van der Waals surface area (Å²) < 4.78 is 14.6. The Hall–Kier alpha value is -2.05. The number of nitrogens with one attached hydrogen (secondary N) is 2. The third-order valence-electron chi connectivity index (χ3n) is 4.27. The molecule has 0 atom stereocenters. The van der Waals surface area contributed by atoms with Crippen LogP contribution < -0.4 is 10.6 Å². The first kappa shape index (κ1) is 18.7. The highest BCUT2D eigenvalue weighted by Gasteiger charge is 2.25. The topological polar surface area (TPSA) is 57.3 Å². The summed E-state index contributed by atoms with van der Waals surface area (Å²) in [4.78, 5) is 18.2. The Kier molecular flexibility index (Phi) is 5.84. The number of carbonyl (C=O) groups excluding carboxylic acids is 1. The summed E-state index contributed by atoms with van der Waals surface area (Å²) in [5.41, 5.74) is 2.21. The zero-order valence-corrected chi connectivity index (χ0v) is 15.8. The van der Waals surface area contributed by atoms with Crippen LogP contribution in [0.3, 0.4) is 0 Å². The fraction of sp³-hybridized carbons (Fsp3) is 0.333. The molecule has 0 unspecified atom stereocenters. The summed E-state index contributed by atoms with van der Waals surface area (Å²) in [5, 5.41) is 6.64. The van der Waals surface area contributed by atoms with Crippen molar-refractivity contribution in [3.8, 4) is 0 Å². The second-order valence-electron chi connectivity index (χ2n) is 6.03. The van der Waals surface area contributed by atoms with Crippen LogP contribution in [0.5, 0.6) is 0 Å². The Morgan fingerprint density at radius 1 is 1.35 bits per heavy atom. The first-order valence-corrected chi connectivity index (χ1v) is 9.12. The number of aromatic nitrogens is 1. The van der Waals surface area contributed by atoms with Crippen LogP contribution in [0.15, 0.2) is 24.4 Å². The van der Waals surface area contributed by atoms with Gasteiger partial charge in [-0.3, -0.25) is 0 Å². The zero-order chi connectivity index (χ0) is 18.7. The van der Waals surface area contributed by atoms with Crippen molar-refractivity contribution in [2.45, 2.75) is 26.4 Å². The molecule has 2 N–H and O–H groups in total. The van der Waals surface area contributed by atoms with E-state index in [0.29, 0.717) is 41.7 Å². The van der Waals surface area contributed by atoms with E-state index in [1.165, 1.54) is 0 Å². The lowest BCUT2D eigenvalue weighted by Gasteiger charge is -2.29. The van der Waals surface area contributed by atoms with Gasteiger partial charge in [-0.25, -0.2) is 14.2 Å². The SMILES string of the molecule is CCNc1ncc2c(c1F)CN(C(=O)NCc1ccc(Cl)c(Cl)c1)CC2. The molecule has 1 aliphatic rings. The van der Waals surface area contributed by atoms with Crippen LogP contribution in [0.2, 0.25) is 10.0 Å². The Bertz CT molecular complexity index is 831. The van der Waals surface area contributed by atoms with Crippen molar-refractivity contribution >= 4 is 35.1 Å². The fourth-order valence-electron chi connectivity index (χ4n) is 2.88. The van der Waals surface area contributed by atoms with Gasteiger partial charge in [-0.05, 0) is 36.6 Å². The van der Waals surface area contributed by atoms with Gasteiger partial charge in [0.2, 0.25) is 0 Å². The molecule has 0 spiro atoms. The van der Waals surface area contributed by atoms with E-state index in [1.54, 1.807) is 29.3 Å². The van der Waals surface area contributed by atoms with Crippen molar-refractivity contribution in [3.05, 3.63) is 56.9 Å². The monoisotopic (exact) mass is 396 g/mol. The average Bonchev–Trinajstić information content (AvgIpc) is 2.64. The molecule has 0 aliphatic carbocycles. The van der Waals surface area contributed by atoms with E-state index in [2.05, 4.69) is 15.6 Å². The number of anilines is 1. The molecule has 2 heterocycles. The molecule has 1 aliphatic heterocycles. The Morgan fingerprint density at radius 2 is 2.15 bits per heavy atom. The van der Waals surface area contributed by atoms with Gasteiger partial charge in [-0.2, -0.15) is 0 Å². The minimum Gasteiger partial charge on any atom is -0.368 e. The number of amides is 2. The van der Waals surface area contributed by atoms with Crippen molar-refractivity contribution in [1.82, 2.24) is 15.2 Å². The average molecular weight is 397 g/mol. The van der Waals surface area contributed by atoms with E-state index in [4.69, 9.17) is 23.2 Å². The van der Waals surface area contributed by atoms with Crippen LogP contribution in [0, 0.1) is 5.82 Å². The number of urea groups is 1. The maximum atomic E-state index is 14.6. The van der Waals surface area contributed by atoms with E-state index >= 15 is 0 Å². The van der Waals surface area contributed by atoms with Gasteiger partial charge >= 0.3 is 6.03 Å². The molecule has 8 heteroatoms. The minimum absolute atomic E-state index is 0.218. The smallest absolute Gasteiger partial charge is 0.317 e. The molecule has 138 valence electrons. The quantitative estimate of drug-likeness (QED) is 0.812. The van der Waals surface area contributed by atoms with E-state index in [9.17, 15) is 9.18 Å². The Morgan fingerprint density at radius 3 is 2.88 bits per heavy atom. The number of benzene rings is 1. The van der Waals surface area contributed by atoms with Crippen LogP contribution in [-0.4, -0.2) is 29.0 Å². The Balaban J connectivity index is 1.66. The van der Waals surface area contributed by atoms with Gasteiger partial charge in [-0.15, -0.1) is 0 Å². The number of hydrogen-bond donors (Lipinski definition) is 2. The summed E-state index contributed by atoms with van der Waals surface area (Å²) in [6, 6.07) is 4.95. The number of pyridine rings is 1. The molecular weight excluding hydrogens is 378 g/mol. The molecule has 0 bridgehead atoms. The van der Waals surface area contributed by atoms with E-state index < -0.39 is 0 Å². The van der Waals surface area contributed by atoms with Crippen LogP contribution in [0.4, 0.5) is 15.0 Å². The lowest BCUT2D eigenvalue weighted by Crippen LogP contribution is -2.42. The van der Waals surface area contributed by atoms with Crippen LogP contribution >= 0.6 is 23.2 Å². The number of fused-ring (bicyclic) bond motifs is 1. The predicted octanol–water partition coefficient (Wildman–Crippen LogP) is 4.23. The molecule has 3 rings (SSSR count).